The second-order valence-electron chi connectivity index (χ2n) is 5.41. The number of anilines is 1. The first-order chi connectivity index (χ1) is 12.0. The number of aromatic nitrogens is 3. The molecular formula is C17H18N4O4. The van der Waals surface area contributed by atoms with Gasteiger partial charge in [0.1, 0.15) is 34.4 Å². The number of hydrogen-bond acceptors (Lipinski definition) is 6. The number of carbonyl (C=O) groups is 1. The minimum absolute atomic E-state index is 0.143. The molecule has 0 aliphatic carbocycles. The second-order valence-corrected chi connectivity index (χ2v) is 5.41. The Morgan fingerprint density at radius 3 is 2.76 bits per heavy atom. The molecule has 2 heterocycles. The predicted molar refractivity (Wildman–Crippen MR) is 92.3 cm³/mol. The van der Waals surface area contributed by atoms with E-state index in [1.54, 1.807) is 31.9 Å². The topological polar surface area (TPSA) is 98.5 Å². The first-order valence-corrected chi connectivity index (χ1v) is 7.53. The maximum absolute atomic E-state index is 11.3. The molecule has 0 amide bonds. The molecule has 25 heavy (non-hydrogen) atoms. The Balaban J connectivity index is 1.93. The Morgan fingerprint density at radius 1 is 1.28 bits per heavy atom. The number of rotatable bonds is 6. The minimum Gasteiger partial charge on any atom is -0.497 e. The lowest BCUT2D eigenvalue weighted by molar-refractivity contribution is 0.0698. The van der Waals surface area contributed by atoms with Gasteiger partial charge in [-0.2, -0.15) is 0 Å². The number of fused-ring (bicyclic) bond motifs is 1. The summed E-state index contributed by atoms with van der Waals surface area (Å²) in [6.45, 7) is 0.451. The molecule has 0 fully saturated rings. The molecule has 3 rings (SSSR count). The molecule has 0 bridgehead atoms. The number of carboxylic acid groups (broad SMARTS) is 1. The van der Waals surface area contributed by atoms with Crippen LogP contribution in [0.2, 0.25) is 0 Å². The minimum atomic E-state index is -1.02. The first-order valence-electron chi connectivity index (χ1n) is 7.53. The van der Waals surface area contributed by atoms with Crippen molar-refractivity contribution < 1.29 is 19.4 Å². The zero-order valence-corrected chi connectivity index (χ0v) is 14.1. The van der Waals surface area contributed by atoms with Crippen molar-refractivity contribution >= 4 is 22.8 Å². The average Bonchev–Trinajstić information content (AvgIpc) is 2.97. The zero-order valence-electron chi connectivity index (χ0n) is 14.1. The van der Waals surface area contributed by atoms with Gasteiger partial charge in [0.2, 0.25) is 0 Å². The van der Waals surface area contributed by atoms with Crippen LogP contribution in [0.4, 0.5) is 5.82 Å². The summed E-state index contributed by atoms with van der Waals surface area (Å²) in [5.74, 6) is 0.929. The molecule has 0 radical (unpaired) electrons. The van der Waals surface area contributed by atoms with Crippen LogP contribution in [0.15, 0.2) is 30.7 Å². The van der Waals surface area contributed by atoms with E-state index >= 15 is 0 Å². The van der Waals surface area contributed by atoms with E-state index in [0.29, 0.717) is 34.9 Å². The number of nitrogens with zero attached hydrogens (tertiary/aromatic N) is 3. The van der Waals surface area contributed by atoms with Gasteiger partial charge in [-0.25, -0.2) is 14.8 Å². The molecule has 0 saturated carbocycles. The highest BCUT2D eigenvalue weighted by Crippen LogP contribution is 2.27. The van der Waals surface area contributed by atoms with Crippen molar-refractivity contribution in [3.8, 4) is 11.5 Å². The van der Waals surface area contributed by atoms with Crippen LogP contribution in [0.1, 0.15) is 15.9 Å². The van der Waals surface area contributed by atoms with E-state index in [1.807, 2.05) is 12.1 Å². The molecule has 0 atom stereocenters. The van der Waals surface area contributed by atoms with Gasteiger partial charge in [-0.1, -0.05) is 0 Å². The number of aromatic carboxylic acids is 1. The Hall–Kier alpha value is -3.29. The van der Waals surface area contributed by atoms with Gasteiger partial charge in [-0.05, 0) is 12.1 Å². The highest BCUT2D eigenvalue weighted by molar-refractivity contribution is 6.04. The molecule has 3 aromatic rings. The summed E-state index contributed by atoms with van der Waals surface area (Å²) in [4.78, 5) is 19.7. The van der Waals surface area contributed by atoms with Crippen LogP contribution in [-0.4, -0.2) is 39.8 Å². The summed E-state index contributed by atoms with van der Waals surface area (Å²) in [7, 11) is 4.95. The molecule has 0 spiro atoms. The molecule has 0 unspecified atom stereocenters. The molecule has 0 aliphatic heterocycles. The van der Waals surface area contributed by atoms with Crippen molar-refractivity contribution in [1.82, 2.24) is 14.5 Å². The first kappa shape index (κ1) is 16.6. The molecule has 8 heteroatoms. The second kappa shape index (κ2) is 6.68. The van der Waals surface area contributed by atoms with Crippen LogP contribution >= 0.6 is 0 Å². The number of ether oxygens (including phenoxy) is 2. The van der Waals surface area contributed by atoms with Crippen molar-refractivity contribution in [2.45, 2.75) is 6.54 Å². The maximum atomic E-state index is 11.3. The van der Waals surface area contributed by atoms with E-state index in [4.69, 9.17) is 9.47 Å². The standard InChI is InChI=1S/C17H18N4O4/c1-21-8-12(17(22)23)14-15(21)16(20-9-19-14)18-7-10-4-5-11(24-2)6-13(10)25-3/h4-6,8-9H,7H2,1-3H3,(H,22,23)(H,18,19,20). The van der Waals surface area contributed by atoms with Crippen molar-refractivity contribution in [2.75, 3.05) is 19.5 Å². The van der Waals surface area contributed by atoms with E-state index in [0.717, 1.165) is 5.56 Å². The number of carboxylic acids is 1. The summed E-state index contributed by atoms with van der Waals surface area (Å²) < 4.78 is 12.3. The third-order valence-electron chi connectivity index (χ3n) is 3.92. The quantitative estimate of drug-likeness (QED) is 0.709. The number of benzene rings is 1. The van der Waals surface area contributed by atoms with Crippen LogP contribution in [0.5, 0.6) is 11.5 Å². The van der Waals surface area contributed by atoms with E-state index in [2.05, 4.69) is 15.3 Å². The van der Waals surface area contributed by atoms with E-state index in [1.165, 1.54) is 12.5 Å². The molecule has 1 aromatic carbocycles. The fourth-order valence-electron chi connectivity index (χ4n) is 2.69. The predicted octanol–water partition coefficient (Wildman–Crippen LogP) is 2.30. The lowest BCUT2D eigenvalue weighted by atomic mass is 10.2. The van der Waals surface area contributed by atoms with Crippen molar-refractivity contribution in [2.24, 2.45) is 7.05 Å². The van der Waals surface area contributed by atoms with Crippen LogP contribution in [0, 0.1) is 0 Å². The van der Waals surface area contributed by atoms with Gasteiger partial charge in [0.05, 0.1) is 14.2 Å². The maximum Gasteiger partial charge on any atom is 0.339 e. The van der Waals surface area contributed by atoms with Crippen LogP contribution in [-0.2, 0) is 13.6 Å². The summed E-state index contributed by atoms with van der Waals surface area (Å²) in [5.41, 5.74) is 2.09. The monoisotopic (exact) mass is 342 g/mol. The van der Waals surface area contributed by atoms with Crippen LogP contribution < -0.4 is 14.8 Å². The smallest absolute Gasteiger partial charge is 0.339 e. The van der Waals surface area contributed by atoms with Gasteiger partial charge < -0.3 is 24.5 Å². The number of methoxy groups -OCH3 is 2. The van der Waals surface area contributed by atoms with Gasteiger partial charge >= 0.3 is 5.97 Å². The zero-order chi connectivity index (χ0) is 18.0. The molecule has 2 aromatic heterocycles. The summed E-state index contributed by atoms with van der Waals surface area (Å²) in [6, 6.07) is 5.55. The SMILES string of the molecule is COc1ccc(CNc2ncnc3c(C(=O)O)cn(C)c23)c(OC)c1. The third kappa shape index (κ3) is 3.06. The highest BCUT2D eigenvalue weighted by atomic mass is 16.5. The molecule has 130 valence electrons. The summed E-state index contributed by atoms with van der Waals surface area (Å²) >= 11 is 0. The molecule has 0 aliphatic rings. The summed E-state index contributed by atoms with van der Waals surface area (Å²) in [5, 5.41) is 12.5. The van der Waals surface area contributed by atoms with Crippen LogP contribution in [0.25, 0.3) is 11.0 Å². The number of aryl methyl sites for hydroxylation is 1. The fourth-order valence-corrected chi connectivity index (χ4v) is 2.69. The molecule has 2 N–H and O–H groups in total. The largest absolute Gasteiger partial charge is 0.497 e. The average molecular weight is 342 g/mol. The van der Waals surface area contributed by atoms with Crippen molar-refractivity contribution in [3.05, 3.63) is 41.9 Å². The van der Waals surface area contributed by atoms with E-state index < -0.39 is 5.97 Å². The van der Waals surface area contributed by atoms with Gasteiger partial charge in [0, 0.05) is 31.4 Å². The molecule has 8 nitrogen and oxygen atoms in total. The Morgan fingerprint density at radius 2 is 2.08 bits per heavy atom. The Labute approximate surface area is 144 Å². The van der Waals surface area contributed by atoms with E-state index in [-0.39, 0.29) is 5.56 Å². The van der Waals surface area contributed by atoms with Crippen molar-refractivity contribution in [3.63, 3.8) is 0 Å². The molecular weight excluding hydrogens is 324 g/mol. The highest BCUT2D eigenvalue weighted by Gasteiger charge is 2.17. The van der Waals surface area contributed by atoms with Crippen LogP contribution in [0.3, 0.4) is 0 Å². The van der Waals surface area contributed by atoms with E-state index in [9.17, 15) is 9.90 Å². The lowest BCUT2D eigenvalue weighted by Crippen LogP contribution is -2.05. The van der Waals surface area contributed by atoms with Gasteiger partial charge in [-0.15, -0.1) is 0 Å². The Kier molecular flexibility index (Phi) is 4.42. The normalized spacial score (nSPS) is 10.7. The van der Waals surface area contributed by atoms with Crippen molar-refractivity contribution in [1.29, 1.82) is 0 Å². The fraction of sp³-hybridized carbons (Fsp3) is 0.235. The molecule has 0 saturated heterocycles. The Bertz CT molecular complexity index is 936. The van der Waals surface area contributed by atoms with Gasteiger partial charge in [0.25, 0.3) is 0 Å². The van der Waals surface area contributed by atoms with Gasteiger partial charge in [0.15, 0.2) is 5.82 Å². The number of nitrogens with one attached hydrogen (secondary N) is 1. The number of hydrogen-bond donors (Lipinski definition) is 2. The summed E-state index contributed by atoms with van der Waals surface area (Å²) in [6.07, 6.45) is 2.88. The van der Waals surface area contributed by atoms with Gasteiger partial charge in [-0.3, -0.25) is 0 Å². The lowest BCUT2D eigenvalue weighted by Gasteiger charge is -2.12. The third-order valence-corrected chi connectivity index (χ3v) is 3.92.